The van der Waals surface area contributed by atoms with Crippen molar-refractivity contribution in [2.45, 2.75) is 38.6 Å². The Labute approximate surface area is 118 Å². The Bertz CT molecular complexity index is 520. The molecule has 108 valence electrons. The first-order valence-electron chi connectivity index (χ1n) is 6.95. The second kappa shape index (κ2) is 6.05. The van der Waals surface area contributed by atoms with Crippen LogP contribution in [0.15, 0.2) is 18.2 Å². The van der Waals surface area contributed by atoms with Crippen LogP contribution < -0.4 is 16.8 Å². The van der Waals surface area contributed by atoms with Gasteiger partial charge in [-0.05, 0) is 50.3 Å². The molecule has 0 radical (unpaired) electrons. The number of benzene rings is 1. The Morgan fingerprint density at radius 1 is 1.20 bits per heavy atom. The third-order valence-corrected chi connectivity index (χ3v) is 4.00. The van der Waals surface area contributed by atoms with Crippen molar-refractivity contribution in [2.75, 3.05) is 5.32 Å². The van der Waals surface area contributed by atoms with E-state index < -0.39 is 5.91 Å². The fraction of sp³-hybridized carbons (Fsp3) is 0.467. The summed E-state index contributed by atoms with van der Waals surface area (Å²) in [5.41, 5.74) is 13.0. The molecule has 2 rings (SSSR count). The average Bonchev–Trinajstić information content (AvgIpc) is 2.41. The largest absolute Gasteiger partial charge is 0.366 e. The van der Waals surface area contributed by atoms with Crippen molar-refractivity contribution in [3.05, 3.63) is 29.3 Å². The molecule has 2 amide bonds. The number of rotatable bonds is 3. The standard InChI is InChI=1S/C15H21N3O2/c1-9-12(14(17)19)3-2-4-13(9)18-15(20)10-5-7-11(16)8-6-10/h2-4,10-11H,5-8,16H2,1H3,(H2,17,19)(H,18,20). The monoisotopic (exact) mass is 275 g/mol. The summed E-state index contributed by atoms with van der Waals surface area (Å²) >= 11 is 0. The van der Waals surface area contributed by atoms with Crippen molar-refractivity contribution in [1.82, 2.24) is 0 Å². The van der Waals surface area contributed by atoms with Crippen molar-refractivity contribution >= 4 is 17.5 Å². The number of amides is 2. The van der Waals surface area contributed by atoms with Crippen molar-refractivity contribution in [2.24, 2.45) is 17.4 Å². The Morgan fingerprint density at radius 2 is 1.85 bits per heavy atom. The minimum absolute atomic E-state index is 0.00150. The van der Waals surface area contributed by atoms with Crippen LogP contribution >= 0.6 is 0 Å². The normalized spacial score (nSPS) is 22.3. The Morgan fingerprint density at radius 3 is 2.45 bits per heavy atom. The zero-order valence-electron chi connectivity index (χ0n) is 11.7. The van der Waals surface area contributed by atoms with Crippen LogP contribution in [0.3, 0.4) is 0 Å². The topological polar surface area (TPSA) is 98.2 Å². The molecule has 5 nitrogen and oxygen atoms in total. The third-order valence-electron chi connectivity index (χ3n) is 4.00. The number of nitrogens with one attached hydrogen (secondary N) is 1. The van der Waals surface area contributed by atoms with Gasteiger partial charge in [-0.1, -0.05) is 6.07 Å². The molecule has 1 saturated carbocycles. The number of carbonyl (C=O) groups is 2. The number of primary amides is 1. The summed E-state index contributed by atoms with van der Waals surface area (Å²) in [6, 6.07) is 5.39. The molecule has 0 bridgehead atoms. The van der Waals surface area contributed by atoms with Crippen LogP contribution in [0.1, 0.15) is 41.6 Å². The van der Waals surface area contributed by atoms with Gasteiger partial charge in [0.25, 0.3) is 0 Å². The molecule has 20 heavy (non-hydrogen) atoms. The van der Waals surface area contributed by atoms with Gasteiger partial charge in [-0.2, -0.15) is 0 Å². The molecule has 1 aromatic carbocycles. The first-order chi connectivity index (χ1) is 9.49. The summed E-state index contributed by atoms with van der Waals surface area (Å²) in [4.78, 5) is 23.5. The van der Waals surface area contributed by atoms with Crippen LogP contribution in [-0.4, -0.2) is 17.9 Å². The predicted molar refractivity (Wildman–Crippen MR) is 78.3 cm³/mol. The van der Waals surface area contributed by atoms with E-state index in [1.54, 1.807) is 25.1 Å². The van der Waals surface area contributed by atoms with Crippen LogP contribution in [-0.2, 0) is 4.79 Å². The molecule has 0 spiro atoms. The number of carbonyl (C=O) groups excluding carboxylic acids is 2. The highest BCUT2D eigenvalue weighted by Crippen LogP contribution is 2.26. The van der Waals surface area contributed by atoms with Crippen molar-refractivity contribution in [1.29, 1.82) is 0 Å². The Balaban J connectivity index is 2.08. The van der Waals surface area contributed by atoms with Gasteiger partial charge < -0.3 is 16.8 Å². The maximum atomic E-state index is 12.2. The van der Waals surface area contributed by atoms with E-state index in [2.05, 4.69) is 5.32 Å². The van der Waals surface area contributed by atoms with Gasteiger partial charge >= 0.3 is 0 Å². The van der Waals surface area contributed by atoms with Gasteiger partial charge in [0.1, 0.15) is 0 Å². The van der Waals surface area contributed by atoms with E-state index >= 15 is 0 Å². The lowest BCUT2D eigenvalue weighted by molar-refractivity contribution is -0.120. The summed E-state index contributed by atoms with van der Waals surface area (Å²) in [6.45, 7) is 1.78. The molecule has 0 atom stereocenters. The molecule has 1 aliphatic rings. The van der Waals surface area contributed by atoms with Crippen LogP contribution in [0.25, 0.3) is 0 Å². The highest BCUT2D eigenvalue weighted by Gasteiger charge is 2.25. The van der Waals surface area contributed by atoms with E-state index in [-0.39, 0.29) is 17.9 Å². The maximum Gasteiger partial charge on any atom is 0.249 e. The molecule has 0 aliphatic heterocycles. The molecule has 5 N–H and O–H groups in total. The molecule has 0 heterocycles. The van der Waals surface area contributed by atoms with Crippen LogP contribution in [0.2, 0.25) is 0 Å². The average molecular weight is 275 g/mol. The van der Waals surface area contributed by atoms with Crippen LogP contribution in [0, 0.1) is 12.8 Å². The number of nitrogens with two attached hydrogens (primary N) is 2. The second-order valence-corrected chi connectivity index (χ2v) is 5.44. The first-order valence-corrected chi connectivity index (χ1v) is 6.95. The maximum absolute atomic E-state index is 12.2. The van der Waals surface area contributed by atoms with Crippen LogP contribution in [0.4, 0.5) is 5.69 Å². The molecule has 1 fully saturated rings. The highest BCUT2D eigenvalue weighted by molar-refractivity contribution is 5.99. The molecule has 0 saturated heterocycles. The second-order valence-electron chi connectivity index (χ2n) is 5.44. The SMILES string of the molecule is Cc1c(NC(=O)C2CCC(N)CC2)cccc1C(N)=O. The minimum atomic E-state index is -0.484. The van der Waals surface area contributed by atoms with Crippen molar-refractivity contribution in [3.8, 4) is 0 Å². The fourth-order valence-electron chi connectivity index (χ4n) is 2.65. The summed E-state index contributed by atoms with van der Waals surface area (Å²) in [5.74, 6) is -0.477. The molecule has 5 heteroatoms. The van der Waals surface area contributed by atoms with Gasteiger partial charge in [0.2, 0.25) is 11.8 Å². The third kappa shape index (κ3) is 3.17. The van der Waals surface area contributed by atoms with Gasteiger partial charge in [0.05, 0.1) is 0 Å². The van der Waals surface area contributed by atoms with E-state index in [4.69, 9.17) is 11.5 Å². The summed E-state index contributed by atoms with van der Waals surface area (Å²) in [6.07, 6.45) is 3.42. The van der Waals surface area contributed by atoms with Gasteiger partial charge in [-0.15, -0.1) is 0 Å². The lowest BCUT2D eigenvalue weighted by atomic mass is 9.86. The smallest absolute Gasteiger partial charge is 0.249 e. The molecule has 1 aliphatic carbocycles. The summed E-state index contributed by atoms with van der Waals surface area (Å²) < 4.78 is 0. The van der Waals surface area contributed by atoms with E-state index in [0.29, 0.717) is 16.8 Å². The van der Waals surface area contributed by atoms with Gasteiger partial charge in [0.15, 0.2) is 0 Å². The van der Waals surface area contributed by atoms with Crippen molar-refractivity contribution < 1.29 is 9.59 Å². The molecular weight excluding hydrogens is 254 g/mol. The summed E-state index contributed by atoms with van der Waals surface area (Å²) in [5, 5.41) is 2.90. The number of hydrogen-bond acceptors (Lipinski definition) is 3. The molecule has 0 unspecified atom stereocenters. The zero-order valence-corrected chi connectivity index (χ0v) is 11.7. The zero-order chi connectivity index (χ0) is 14.7. The van der Waals surface area contributed by atoms with E-state index in [9.17, 15) is 9.59 Å². The van der Waals surface area contributed by atoms with E-state index in [1.807, 2.05) is 0 Å². The van der Waals surface area contributed by atoms with Gasteiger partial charge in [-0.3, -0.25) is 9.59 Å². The molecule has 0 aromatic heterocycles. The molecular formula is C15H21N3O2. The quantitative estimate of drug-likeness (QED) is 0.780. The van der Waals surface area contributed by atoms with E-state index in [0.717, 1.165) is 25.7 Å². The van der Waals surface area contributed by atoms with Crippen LogP contribution in [0.5, 0.6) is 0 Å². The fourth-order valence-corrected chi connectivity index (χ4v) is 2.65. The van der Waals surface area contributed by atoms with Gasteiger partial charge in [-0.25, -0.2) is 0 Å². The van der Waals surface area contributed by atoms with Gasteiger partial charge in [0, 0.05) is 23.2 Å². The first kappa shape index (κ1) is 14.5. The number of anilines is 1. The van der Waals surface area contributed by atoms with E-state index in [1.165, 1.54) is 0 Å². The highest BCUT2D eigenvalue weighted by atomic mass is 16.2. The number of hydrogen-bond donors (Lipinski definition) is 3. The minimum Gasteiger partial charge on any atom is -0.366 e. The lowest BCUT2D eigenvalue weighted by Crippen LogP contribution is -2.32. The predicted octanol–water partition coefficient (Wildman–Crippen LogP) is 1.55. The molecule has 1 aromatic rings. The summed E-state index contributed by atoms with van der Waals surface area (Å²) in [7, 11) is 0. The Hall–Kier alpha value is -1.88. The Kier molecular flexibility index (Phi) is 4.39. The lowest BCUT2D eigenvalue weighted by Gasteiger charge is -2.25. The van der Waals surface area contributed by atoms with Crippen molar-refractivity contribution in [3.63, 3.8) is 0 Å².